The maximum atomic E-state index is 13.8. The molecule has 0 unspecified atom stereocenters. The van der Waals surface area contributed by atoms with Crippen LogP contribution in [0.25, 0.3) is 17.1 Å². The van der Waals surface area contributed by atoms with E-state index < -0.39 is 12.0 Å². The molecule has 5 rings (SSSR count). The first kappa shape index (κ1) is 15.6. The Morgan fingerprint density at radius 1 is 1.12 bits per heavy atom. The molecule has 2 aliphatic carbocycles. The van der Waals surface area contributed by atoms with Crippen molar-refractivity contribution in [1.82, 2.24) is 19.7 Å². The lowest BCUT2D eigenvalue weighted by molar-refractivity contribution is 0.463. The van der Waals surface area contributed by atoms with Crippen LogP contribution in [-0.2, 0) is 12.8 Å². The topological polar surface area (TPSA) is 43.6 Å². The van der Waals surface area contributed by atoms with Gasteiger partial charge in [0.15, 0.2) is 5.82 Å². The van der Waals surface area contributed by atoms with Crippen molar-refractivity contribution in [2.45, 2.75) is 44.2 Å². The Morgan fingerprint density at radius 3 is 2.77 bits per heavy atom. The predicted octanol–water partition coefficient (Wildman–Crippen LogP) is 4.17. The smallest absolute Gasteiger partial charge is 0.183 e. The summed E-state index contributed by atoms with van der Waals surface area (Å²) >= 11 is 0. The lowest BCUT2D eigenvalue weighted by Gasteiger charge is -2.19. The van der Waals surface area contributed by atoms with Crippen molar-refractivity contribution in [3.63, 3.8) is 0 Å². The van der Waals surface area contributed by atoms with Crippen LogP contribution in [0.1, 0.15) is 42.1 Å². The molecule has 0 N–H and O–H groups in total. The van der Waals surface area contributed by atoms with Gasteiger partial charge in [0.1, 0.15) is 17.8 Å². The molecule has 1 saturated carbocycles. The molecule has 0 amide bonds. The lowest BCUT2D eigenvalue weighted by Crippen LogP contribution is -2.11. The van der Waals surface area contributed by atoms with E-state index in [2.05, 4.69) is 21.1 Å². The van der Waals surface area contributed by atoms with Crippen LogP contribution in [0.2, 0.25) is 0 Å². The molecule has 0 saturated heterocycles. The zero-order chi connectivity index (χ0) is 17.7. The normalized spacial score (nSPS) is 21.5. The average molecular weight is 352 g/mol. The number of nitrogens with zero attached hydrogens (tertiary/aromatic N) is 4. The molecular formula is C20H18F2N4. The van der Waals surface area contributed by atoms with Crippen molar-refractivity contribution in [3.8, 4) is 17.1 Å². The van der Waals surface area contributed by atoms with Crippen molar-refractivity contribution in [2.75, 3.05) is 0 Å². The van der Waals surface area contributed by atoms with Gasteiger partial charge in [-0.15, -0.1) is 5.10 Å². The number of benzene rings is 1. The Bertz CT molecular complexity index is 982. The number of aromatic nitrogens is 4. The quantitative estimate of drug-likeness (QED) is 0.710. The summed E-state index contributed by atoms with van der Waals surface area (Å²) in [6, 6.07) is 7.55. The first-order chi connectivity index (χ1) is 12.7. The minimum Gasteiger partial charge on any atom is -0.261 e. The molecule has 26 heavy (non-hydrogen) atoms. The fourth-order valence-corrected chi connectivity index (χ4v) is 3.79. The maximum Gasteiger partial charge on any atom is 0.183 e. The van der Waals surface area contributed by atoms with Crippen molar-refractivity contribution in [1.29, 1.82) is 0 Å². The number of hydrogen-bond acceptors (Lipinski definition) is 3. The maximum absolute atomic E-state index is 13.8. The lowest BCUT2D eigenvalue weighted by atomic mass is 9.90. The SMILES string of the molecule is Fc1cncc(-c2nc([C@H]3C[C@H]3F)n(-c3cccc4c3CCCC4)n2)c1. The van der Waals surface area contributed by atoms with Gasteiger partial charge in [-0.05, 0) is 55.4 Å². The summed E-state index contributed by atoms with van der Waals surface area (Å²) in [5.74, 6) is 0.333. The van der Waals surface area contributed by atoms with Crippen LogP contribution < -0.4 is 0 Å². The molecule has 0 bridgehead atoms. The van der Waals surface area contributed by atoms with Crippen LogP contribution in [0, 0.1) is 5.82 Å². The zero-order valence-corrected chi connectivity index (χ0v) is 14.2. The number of alkyl halides is 1. The highest BCUT2D eigenvalue weighted by atomic mass is 19.1. The Kier molecular flexibility index (Phi) is 3.58. The second-order valence-electron chi connectivity index (χ2n) is 7.08. The number of hydrogen-bond donors (Lipinski definition) is 0. The second-order valence-corrected chi connectivity index (χ2v) is 7.08. The van der Waals surface area contributed by atoms with Crippen LogP contribution >= 0.6 is 0 Å². The third kappa shape index (κ3) is 2.60. The van der Waals surface area contributed by atoms with Crippen molar-refractivity contribution < 1.29 is 8.78 Å². The Balaban J connectivity index is 1.67. The van der Waals surface area contributed by atoms with Gasteiger partial charge >= 0.3 is 0 Å². The molecule has 4 nitrogen and oxygen atoms in total. The van der Waals surface area contributed by atoms with E-state index in [4.69, 9.17) is 0 Å². The van der Waals surface area contributed by atoms with Crippen LogP contribution in [0.3, 0.4) is 0 Å². The largest absolute Gasteiger partial charge is 0.261 e. The van der Waals surface area contributed by atoms with Crippen LogP contribution in [0.4, 0.5) is 8.78 Å². The average Bonchev–Trinajstić information content (AvgIpc) is 3.23. The summed E-state index contributed by atoms with van der Waals surface area (Å²) < 4.78 is 29.1. The van der Waals surface area contributed by atoms with Gasteiger partial charge in [0, 0.05) is 11.8 Å². The van der Waals surface area contributed by atoms with E-state index in [9.17, 15) is 8.78 Å². The summed E-state index contributed by atoms with van der Waals surface area (Å²) in [6.45, 7) is 0. The third-order valence-electron chi connectivity index (χ3n) is 5.24. The van der Waals surface area contributed by atoms with E-state index >= 15 is 0 Å². The second kappa shape index (κ2) is 5.97. The van der Waals surface area contributed by atoms with Crippen LogP contribution in [0.5, 0.6) is 0 Å². The highest BCUT2D eigenvalue weighted by Crippen LogP contribution is 2.44. The van der Waals surface area contributed by atoms with E-state index in [1.807, 2.05) is 12.1 Å². The van der Waals surface area contributed by atoms with Gasteiger partial charge in [0.05, 0.1) is 17.8 Å². The number of rotatable bonds is 3. The van der Waals surface area contributed by atoms with Gasteiger partial charge < -0.3 is 0 Å². The summed E-state index contributed by atoms with van der Waals surface area (Å²) in [7, 11) is 0. The fourth-order valence-electron chi connectivity index (χ4n) is 3.79. The molecule has 0 aliphatic heterocycles. The molecule has 0 spiro atoms. The molecule has 6 heteroatoms. The van der Waals surface area contributed by atoms with Crippen molar-refractivity contribution >= 4 is 0 Å². The minimum absolute atomic E-state index is 0.239. The molecule has 2 heterocycles. The predicted molar refractivity (Wildman–Crippen MR) is 93.4 cm³/mol. The van der Waals surface area contributed by atoms with E-state index in [1.54, 1.807) is 4.68 Å². The molecule has 1 aromatic carbocycles. The van der Waals surface area contributed by atoms with Gasteiger partial charge in [-0.25, -0.2) is 18.4 Å². The van der Waals surface area contributed by atoms with Crippen LogP contribution in [-0.4, -0.2) is 25.9 Å². The molecule has 2 aromatic heterocycles. The summed E-state index contributed by atoms with van der Waals surface area (Å²) in [5, 5.41) is 4.63. The van der Waals surface area contributed by atoms with Gasteiger partial charge in [-0.2, -0.15) is 0 Å². The van der Waals surface area contributed by atoms with Gasteiger partial charge in [-0.1, -0.05) is 12.1 Å². The molecule has 0 radical (unpaired) electrons. The molecule has 2 atom stereocenters. The molecular weight excluding hydrogens is 334 g/mol. The molecule has 1 fully saturated rings. The summed E-state index contributed by atoms with van der Waals surface area (Å²) in [6.07, 6.45) is 6.65. The zero-order valence-electron chi connectivity index (χ0n) is 14.2. The minimum atomic E-state index is -0.879. The fraction of sp³-hybridized carbons (Fsp3) is 0.350. The number of aryl methyl sites for hydroxylation is 1. The molecule has 132 valence electrons. The number of fused-ring (bicyclic) bond motifs is 1. The monoisotopic (exact) mass is 352 g/mol. The molecule has 3 aromatic rings. The van der Waals surface area contributed by atoms with E-state index in [1.165, 1.54) is 29.8 Å². The summed E-state index contributed by atoms with van der Waals surface area (Å²) in [5.41, 5.74) is 4.08. The highest BCUT2D eigenvalue weighted by Gasteiger charge is 2.43. The number of halogens is 2. The Hall–Kier alpha value is -2.63. The summed E-state index contributed by atoms with van der Waals surface area (Å²) in [4.78, 5) is 8.44. The van der Waals surface area contributed by atoms with Crippen molar-refractivity contribution in [2.24, 2.45) is 0 Å². The van der Waals surface area contributed by atoms with Gasteiger partial charge in [0.2, 0.25) is 0 Å². The van der Waals surface area contributed by atoms with E-state index in [0.29, 0.717) is 23.6 Å². The van der Waals surface area contributed by atoms with E-state index in [-0.39, 0.29) is 5.92 Å². The van der Waals surface area contributed by atoms with Crippen LogP contribution in [0.15, 0.2) is 36.7 Å². The first-order valence-electron chi connectivity index (χ1n) is 9.04. The molecule has 2 aliphatic rings. The van der Waals surface area contributed by atoms with Crippen molar-refractivity contribution in [3.05, 3.63) is 59.4 Å². The standard InChI is InChI=1S/C20H18F2N4/c21-14-8-13(10-23-11-14)19-24-20(16-9-17(16)22)26(25-19)18-7-3-5-12-4-1-2-6-15(12)18/h3,5,7-8,10-11,16-17H,1-2,4,6,9H2/t16-,17+/m0/s1. The van der Waals surface area contributed by atoms with E-state index in [0.717, 1.165) is 31.1 Å². The van der Waals surface area contributed by atoms with Gasteiger partial charge in [-0.3, -0.25) is 4.98 Å². The third-order valence-corrected chi connectivity index (χ3v) is 5.24. The van der Waals surface area contributed by atoms with Gasteiger partial charge in [0.25, 0.3) is 0 Å². The first-order valence-corrected chi connectivity index (χ1v) is 9.04. The Labute approximate surface area is 149 Å². The highest BCUT2D eigenvalue weighted by molar-refractivity contribution is 5.55. The Morgan fingerprint density at radius 2 is 1.96 bits per heavy atom. The number of pyridine rings is 1.